The number of hydrogen-bond donors (Lipinski definition) is 2. The molecular formula is C19H23N3O3. The molecule has 0 atom stereocenters. The topological polar surface area (TPSA) is 80.3 Å². The first-order chi connectivity index (χ1) is 12.1. The molecule has 2 N–H and O–H groups in total. The molecule has 0 aliphatic rings. The van der Waals surface area contributed by atoms with Gasteiger partial charge in [0.25, 0.3) is 11.8 Å². The molecule has 0 saturated carbocycles. The Morgan fingerprint density at radius 1 is 1.12 bits per heavy atom. The molecule has 0 spiro atoms. The fourth-order valence-corrected chi connectivity index (χ4v) is 2.38. The van der Waals surface area contributed by atoms with Crippen LogP contribution in [-0.2, 0) is 11.2 Å². The van der Waals surface area contributed by atoms with Gasteiger partial charge in [0.1, 0.15) is 5.69 Å². The van der Waals surface area contributed by atoms with Crippen molar-refractivity contribution in [2.75, 3.05) is 27.3 Å². The molecule has 0 unspecified atom stereocenters. The van der Waals surface area contributed by atoms with Crippen LogP contribution in [0.15, 0.2) is 42.5 Å². The fraction of sp³-hybridized carbons (Fsp3) is 0.316. The lowest BCUT2D eigenvalue weighted by Gasteiger charge is -2.09. The number of ether oxygens (including phenoxy) is 1. The van der Waals surface area contributed by atoms with E-state index in [4.69, 9.17) is 4.74 Å². The van der Waals surface area contributed by atoms with Gasteiger partial charge in [0.15, 0.2) is 0 Å². The van der Waals surface area contributed by atoms with Crippen molar-refractivity contribution in [3.05, 3.63) is 65.0 Å². The van der Waals surface area contributed by atoms with Crippen LogP contribution < -0.4 is 10.6 Å². The standard InChI is InChI=1S/C19H23N3O3/c1-20-19(24)17-13-15(18(23)21-9-6-10-25-2)12-16(22-17)11-14-7-4-3-5-8-14/h3-5,7-8,12-13H,6,9-11H2,1-2H3,(H,20,24)(H,21,23). The van der Waals surface area contributed by atoms with Crippen molar-refractivity contribution >= 4 is 11.8 Å². The quantitative estimate of drug-likeness (QED) is 0.718. The van der Waals surface area contributed by atoms with E-state index in [1.165, 1.54) is 6.07 Å². The predicted octanol–water partition coefficient (Wildman–Crippen LogP) is 1.80. The zero-order valence-corrected chi connectivity index (χ0v) is 14.5. The summed E-state index contributed by atoms with van der Waals surface area (Å²) in [7, 11) is 3.16. The molecule has 0 aliphatic heterocycles. The molecule has 0 saturated heterocycles. The minimum Gasteiger partial charge on any atom is -0.385 e. The highest BCUT2D eigenvalue weighted by Gasteiger charge is 2.14. The number of nitrogens with zero attached hydrogens (tertiary/aromatic N) is 1. The summed E-state index contributed by atoms with van der Waals surface area (Å²) in [6.07, 6.45) is 1.28. The van der Waals surface area contributed by atoms with Crippen LogP contribution in [0, 0.1) is 0 Å². The van der Waals surface area contributed by atoms with E-state index >= 15 is 0 Å². The summed E-state index contributed by atoms with van der Waals surface area (Å²) in [5.74, 6) is -0.540. The lowest BCUT2D eigenvalue weighted by atomic mass is 10.1. The molecule has 0 bridgehead atoms. The average molecular weight is 341 g/mol. The molecule has 25 heavy (non-hydrogen) atoms. The zero-order chi connectivity index (χ0) is 18.1. The van der Waals surface area contributed by atoms with E-state index in [-0.39, 0.29) is 17.5 Å². The SMILES string of the molecule is CNC(=O)c1cc(C(=O)NCCCOC)cc(Cc2ccccc2)n1. The van der Waals surface area contributed by atoms with Gasteiger partial charge in [-0.15, -0.1) is 0 Å². The van der Waals surface area contributed by atoms with Crippen molar-refractivity contribution < 1.29 is 14.3 Å². The average Bonchev–Trinajstić information content (AvgIpc) is 2.65. The number of carbonyl (C=O) groups is 2. The number of pyridine rings is 1. The third-order valence-electron chi connectivity index (χ3n) is 3.64. The van der Waals surface area contributed by atoms with Gasteiger partial charge in [-0.2, -0.15) is 0 Å². The van der Waals surface area contributed by atoms with Gasteiger partial charge in [-0.05, 0) is 24.1 Å². The van der Waals surface area contributed by atoms with E-state index in [1.54, 1.807) is 20.2 Å². The maximum atomic E-state index is 12.4. The van der Waals surface area contributed by atoms with Gasteiger partial charge in [0.2, 0.25) is 0 Å². The summed E-state index contributed by atoms with van der Waals surface area (Å²) < 4.78 is 4.97. The van der Waals surface area contributed by atoms with Gasteiger partial charge >= 0.3 is 0 Å². The molecule has 2 aromatic rings. The first-order valence-corrected chi connectivity index (χ1v) is 8.18. The lowest BCUT2D eigenvalue weighted by Crippen LogP contribution is -2.27. The molecule has 2 rings (SSSR count). The van der Waals surface area contributed by atoms with Gasteiger partial charge in [-0.1, -0.05) is 30.3 Å². The molecule has 132 valence electrons. The molecular weight excluding hydrogens is 318 g/mol. The van der Waals surface area contributed by atoms with Gasteiger partial charge in [0.05, 0.1) is 0 Å². The number of nitrogens with one attached hydrogen (secondary N) is 2. The molecule has 2 amide bonds. The number of methoxy groups -OCH3 is 1. The first kappa shape index (κ1) is 18.6. The summed E-state index contributed by atoms with van der Waals surface area (Å²) >= 11 is 0. The van der Waals surface area contributed by atoms with Crippen LogP contribution >= 0.6 is 0 Å². The highest BCUT2D eigenvalue weighted by molar-refractivity contribution is 5.98. The maximum absolute atomic E-state index is 12.4. The Morgan fingerprint density at radius 3 is 2.56 bits per heavy atom. The molecule has 1 heterocycles. The van der Waals surface area contributed by atoms with Crippen molar-refractivity contribution in [3.63, 3.8) is 0 Å². The minimum atomic E-state index is -0.316. The lowest BCUT2D eigenvalue weighted by molar-refractivity contribution is 0.0948. The van der Waals surface area contributed by atoms with Gasteiger partial charge in [0, 0.05) is 45.0 Å². The number of hydrogen-bond acceptors (Lipinski definition) is 4. The van der Waals surface area contributed by atoms with Gasteiger partial charge in [-0.3, -0.25) is 9.59 Å². The van der Waals surface area contributed by atoms with E-state index in [2.05, 4.69) is 15.6 Å². The summed E-state index contributed by atoms with van der Waals surface area (Å²) in [6.45, 7) is 1.09. The molecule has 6 heteroatoms. The van der Waals surface area contributed by atoms with Crippen molar-refractivity contribution in [1.29, 1.82) is 0 Å². The molecule has 1 aromatic carbocycles. The highest BCUT2D eigenvalue weighted by Crippen LogP contribution is 2.12. The van der Waals surface area contributed by atoms with E-state index in [1.807, 2.05) is 30.3 Å². The number of amides is 2. The van der Waals surface area contributed by atoms with E-state index in [9.17, 15) is 9.59 Å². The third kappa shape index (κ3) is 5.69. The number of benzene rings is 1. The molecule has 6 nitrogen and oxygen atoms in total. The summed E-state index contributed by atoms with van der Waals surface area (Å²) in [6, 6.07) is 13.0. The Kier molecular flexibility index (Phi) is 7.10. The van der Waals surface area contributed by atoms with Crippen molar-refractivity contribution in [1.82, 2.24) is 15.6 Å². The van der Waals surface area contributed by atoms with Crippen LogP contribution in [0.2, 0.25) is 0 Å². The van der Waals surface area contributed by atoms with E-state index in [0.717, 1.165) is 12.0 Å². The zero-order valence-electron chi connectivity index (χ0n) is 14.5. The van der Waals surface area contributed by atoms with Gasteiger partial charge < -0.3 is 15.4 Å². The minimum absolute atomic E-state index is 0.224. The second kappa shape index (κ2) is 9.54. The maximum Gasteiger partial charge on any atom is 0.269 e. The number of aromatic nitrogens is 1. The van der Waals surface area contributed by atoms with E-state index < -0.39 is 0 Å². The Hall–Kier alpha value is -2.73. The molecule has 0 fully saturated rings. The second-order valence-corrected chi connectivity index (χ2v) is 5.58. The van der Waals surface area contributed by atoms with E-state index in [0.29, 0.717) is 30.8 Å². The van der Waals surface area contributed by atoms with Gasteiger partial charge in [-0.25, -0.2) is 4.98 Å². The summed E-state index contributed by atoms with van der Waals surface area (Å²) in [5.41, 5.74) is 2.40. The van der Waals surface area contributed by atoms with Crippen LogP contribution in [0.4, 0.5) is 0 Å². The van der Waals surface area contributed by atoms with Crippen LogP contribution in [0.5, 0.6) is 0 Å². The van der Waals surface area contributed by atoms with Crippen molar-refractivity contribution in [2.45, 2.75) is 12.8 Å². The predicted molar refractivity (Wildman–Crippen MR) is 95.7 cm³/mol. The summed E-state index contributed by atoms with van der Waals surface area (Å²) in [4.78, 5) is 28.7. The normalized spacial score (nSPS) is 10.3. The highest BCUT2D eigenvalue weighted by atomic mass is 16.5. The Labute approximate surface area is 147 Å². The van der Waals surface area contributed by atoms with Crippen LogP contribution in [0.3, 0.4) is 0 Å². The Balaban J connectivity index is 2.21. The Morgan fingerprint density at radius 2 is 1.88 bits per heavy atom. The molecule has 0 radical (unpaired) electrons. The smallest absolute Gasteiger partial charge is 0.269 e. The van der Waals surface area contributed by atoms with Crippen molar-refractivity contribution in [2.24, 2.45) is 0 Å². The largest absolute Gasteiger partial charge is 0.385 e. The van der Waals surface area contributed by atoms with Crippen molar-refractivity contribution in [3.8, 4) is 0 Å². The monoisotopic (exact) mass is 341 g/mol. The summed E-state index contributed by atoms with van der Waals surface area (Å²) in [5, 5.41) is 5.38. The van der Waals surface area contributed by atoms with Crippen LogP contribution in [-0.4, -0.2) is 44.1 Å². The second-order valence-electron chi connectivity index (χ2n) is 5.58. The fourth-order valence-electron chi connectivity index (χ4n) is 2.38. The number of rotatable bonds is 8. The van der Waals surface area contributed by atoms with Crippen LogP contribution in [0.1, 0.15) is 38.5 Å². The molecule has 1 aromatic heterocycles. The first-order valence-electron chi connectivity index (χ1n) is 8.18. The number of carbonyl (C=O) groups excluding carboxylic acids is 2. The van der Waals surface area contributed by atoms with Crippen LogP contribution in [0.25, 0.3) is 0 Å². The molecule has 0 aliphatic carbocycles. The third-order valence-corrected chi connectivity index (χ3v) is 3.64. The Bertz CT molecular complexity index is 717.